The highest BCUT2D eigenvalue weighted by Gasteiger charge is 2.49. The van der Waals surface area contributed by atoms with Gasteiger partial charge in [-0.25, -0.2) is 9.78 Å². The monoisotopic (exact) mass is 476 g/mol. The summed E-state index contributed by atoms with van der Waals surface area (Å²) >= 11 is 6.67. The number of nitrogens with one attached hydrogen (secondary N) is 2. The number of para-hydroxylation sites is 1. The van der Waals surface area contributed by atoms with E-state index >= 15 is 0 Å². The third-order valence-corrected chi connectivity index (χ3v) is 6.63. The Labute approximate surface area is 200 Å². The van der Waals surface area contributed by atoms with Gasteiger partial charge in [0.05, 0.1) is 23.4 Å². The summed E-state index contributed by atoms with van der Waals surface area (Å²) in [5.41, 5.74) is 1.27. The molecule has 2 N–H and O–H groups in total. The van der Waals surface area contributed by atoms with Gasteiger partial charge in [0, 0.05) is 30.5 Å². The second-order valence-electron chi connectivity index (χ2n) is 8.23. The molecule has 0 bridgehead atoms. The van der Waals surface area contributed by atoms with Crippen molar-refractivity contribution in [1.29, 1.82) is 0 Å². The molecule has 2 aliphatic heterocycles. The zero-order valence-corrected chi connectivity index (χ0v) is 19.1. The molecule has 1 unspecified atom stereocenters. The number of hydrogen-bond acceptors (Lipinski definition) is 5. The number of imide groups is 1. The maximum absolute atomic E-state index is 12.9. The average Bonchev–Trinajstić information content (AvgIpc) is 3.32. The molecule has 0 radical (unpaired) electrons. The summed E-state index contributed by atoms with van der Waals surface area (Å²) in [4.78, 5) is 44.1. The Hall–Kier alpha value is -3.91. The van der Waals surface area contributed by atoms with Crippen LogP contribution in [0.5, 0.6) is 5.75 Å². The third-order valence-electron chi connectivity index (χ3n) is 6.20. The van der Waals surface area contributed by atoms with E-state index in [1.807, 2.05) is 36.4 Å². The number of benzene rings is 2. The van der Waals surface area contributed by atoms with Gasteiger partial charge in [0.2, 0.25) is 0 Å². The van der Waals surface area contributed by atoms with Crippen molar-refractivity contribution in [3.63, 3.8) is 0 Å². The highest BCUT2D eigenvalue weighted by molar-refractivity contribution is 6.36. The van der Waals surface area contributed by atoms with E-state index in [9.17, 15) is 14.4 Å². The second kappa shape index (κ2) is 8.46. The number of amides is 4. The summed E-state index contributed by atoms with van der Waals surface area (Å²) in [5.74, 6) is -0.128. The minimum atomic E-state index is -1.50. The molecule has 0 saturated carbocycles. The van der Waals surface area contributed by atoms with Gasteiger partial charge in [0.1, 0.15) is 5.75 Å². The Bertz CT molecular complexity index is 1370. The fourth-order valence-corrected chi connectivity index (χ4v) is 4.66. The number of carbonyl (C=O) groups is 3. The van der Waals surface area contributed by atoms with Gasteiger partial charge in [0.25, 0.3) is 11.8 Å². The van der Waals surface area contributed by atoms with Crippen LogP contribution in [-0.2, 0) is 11.3 Å². The molecule has 3 aromatic rings. The quantitative estimate of drug-likeness (QED) is 0.531. The molecule has 1 atom stereocenters. The van der Waals surface area contributed by atoms with Crippen LogP contribution >= 0.6 is 11.6 Å². The molecule has 0 aliphatic carbocycles. The van der Waals surface area contributed by atoms with Gasteiger partial charge in [-0.15, -0.1) is 0 Å². The second-order valence-corrected chi connectivity index (χ2v) is 8.64. The molecule has 8 nitrogen and oxygen atoms in total. The van der Waals surface area contributed by atoms with Gasteiger partial charge in [-0.2, -0.15) is 0 Å². The van der Waals surface area contributed by atoms with E-state index in [2.05, 4.69) is 15.6 Å². The molecular weight excluding hydrogens is 456 g/mol. The van der Waals surface area contributed by atoms with E-state index in [1.54, 1.807) is 36.3 Å². The Morgan fingerprint density at radius 3 is 2.76 bits per heavy atom. The molecule has 3 heterocycles. The molecular formula is C25H21ClN4O4. The largest absolute Gasteiger partial charge is 0.497 e. The van der Waals surface area contributed by atoms with Gasteiger partial charge in [0.15, 0.2) is 5.54 Å². The van der Waals surface area contributed by atoms with Gasteiger partial charge in [-0.3, -0.25) is 14.9 Å². The molecule has 9 heteroatoms. The number of fused-ring (bicyclic) bond motifs is 2. The lowest BCUT2D eigenvalue weighted by Crippen LogP contribution is -2.49. The van der Waals surface area contributed by atoms with Crippen molar-refractivity contribution >= 4 is 46.4 Å². The fourth-order valence-electron chi connectivity index (χ4n) is 4.32. The number of aromatic nitrogens is 1. The molecule has 172 valence electrons. The molecule has 1 aromatic heterocycles. The number of nitrogens with zero attached hydrogens (tertiary/aromatic N) is 2. The summed E-state index contributed by atoms with van der Waals surface area (Å²) < 4.78 is 5.22. The van der Waals surface area contributed by atoms with Crippen LogP contribution in [0.4, 0.5) is 4.79 Å². The number of rotatable bonds is 6. The number of methoxy groups -OCH3 is 1. The summed E-state index contributed by atoms with van der Waals surface area (Å²) in [6.45, 7) is 0.607. The zero-order chi connectivity index (χ0) is 23.9. The van der Waals surface area contributed by atoms with E-state index in [-0.39, 0.29) is 23.9 Å². The highest BCUT2D eigenvalue weighted by Crippen LogP contribution is 2.33. The van der Waals surface area contributed by atoms with Gasteiger partial charge in [-0.1, -0.05) is 41.9 Å². The number of pyridine rings is 1. The van der Waals surface area contributed by atoms with E-state index in [4.69, 9.17) is 16.3 Å². The van der Waals surface area contributed by atoms with Crippen LogP contribution in [0.1, 0.15) is 28.0 Å². The van der Waals surface area contributed by atoms with Gasteiger partial charge in [-0.05, 0) is 35.9 Å². The van der Waals surface area contributed by atoms with Crippen LogP contribution in [0, 0.1) is 0 Å². The van der Waals surface area contributed by atoms with Crippen molar-refractivity contribution in [2.75, 3.05) is 13.7 Å². The normalized spacial score (nSPS) is 19.9. The van der Waals surface area contributed by atoms with Crippen LogP contribution in [0.25, 0.3) is 17.0 Å². The van der Waals surface area contributed by atoms with Crippen LogP contribution in [0.3, 0.4) is 0 Å². The predicted molar refractivity (Wildman–Crippen MR) is 127 cm³/mol. The molecule has 34 heavy (non-hydrogen) atoms. The van der Waals surface area contributed by atoms with Crippen molar-refractivity contribution in [3.8, 4) is 5.75 Å². The number of ether oxygens (including phenoxy) is 1. The standard InChI is InChI=1S/C25H21ClN4O4/c1-34-18-9-7-16-14-30(22(31)19(16)13-18)11-10-25(23(32)28-24(33)29-25)21(26)12-17-8-6-15-4-2-3-5-20(15)27-17/h2-9,12-13H,10-11,14H2,1H3,(H2,28,29,32,33)/b21-12+. The number of urea groups is 1. The molecule has 4 amide bonds. The van der Waals surface area contributed by atoms with E-state index in [1.165, 1.54) is 0 Å². The van der Waals surface area contributed by atoms with E-state index < -0.39 is 17.5 Å². The average molecular weight is 477 g/mol. The summed E-state index contributed by atoms with van der Waals surface area (Å²) in [6, 6.07) is 16.1. The van der Waals surface area contributed by atoms with Crippen molar-refractivity contribution in [2.24, 2.45) is 0 Å². The lowest BCUT2D eigenvalue weighted by atomic mass is 9.93. The first-order valence-corrected chi connectivity index (χ1v) is 11.1. The first kappa shape index (κ1) is 21.9. The smallest absolute Gasteiger partial charge is 0.322 e. The minimum Gasteiger partial charge on any atom is -0.497 e. The summed E-state index contributed by atoms with van der Waals surface area (Å²) in [5, 5.41) is 6.02. The fraction of sp³-hybridized carbons (Fsp3) is 0.200. The van der Waals surface area contributed by atoms with Crippen LogP contribution in [-0.4, -0.2) is 46.9 Å². The lowest BCUT2D eigenvalue weighted by molar-refractivity contribution is -0.122. The number of hydrogen-bond donors (Lipinski definition) is 2. The summed E-state index contributed by atoms with van der Waals surface area (Å²) in [6.07, 6.45) is 1.68. The molecule has 1 fully saturated rings. The Balaban J connectivity index is 1.41. The number of carbonyl (C=O) groups excluding carboxylic acids is 3. The third kappa shape index (κ3) is 3.76. The number of halogens is 1. The predicted octanol–water partition coefficient (Wildman–Crippen LogP) is 3.45. The van der Waals surface area contributed by atoms with E-state index in [0.29, 0.717) is 23.6 Å². The van der Waals surface area contributed by atoms with Gasteiger partial charge < -0.3 is 15.0 Å². The SMILES string of the molecule is COc1ccc2c(c1)C(=O)N(CCC1(/C(Cl)=C\c3ccc4ccccc4n3)NC(=O)NC1=O)C2. The van der Waals surface area contributed by atoms with Crippen molar-refractivity contribution in [3.05, 3.63) is 76.5 Å². The van der Waals surface area contributed by atoms with Crippen LogP contribution in [0.2, 0.25) is 0 Å². The lowest BCUT2D eigenvalue weighted by Gasteiger charge is -2.28. The molecule has 1 saturated heterocycles. The highest BCUT2D eigenvalue weighted by atomic mass is 35.5. The topological polar surface area (TPSA) is 101 Å². The van der Waals surface area contributed by atoms with E-state index in [0.717, 1.165) is 16.5 Å². The van der Waals surface area contributed by atoms with Crippen molar-refractivity contribution < 1.29 is 19.1 Å². The van der Waals surface area contributed by atoms with Crippen LogP contribution < -0.4 is 15.4 Å². The van der Waals surface area contributed by atoms with Crippen molar-refractivity contribution in [1.82, 2.24) is 20.5 Å². The molecule has 2 aliphatic rings. The maximum atomic E-state index is 12.9. The van der Waals surface area contributed by atoms with Gasteiger partial charge >= 0.3 is 6.03 Å². The maximum Gasteiger partial charge on any atom is 0.322 e. The Morgan fingerprint density at radius 1 is 1.18 bits per heavy atom. The van der Waals surface area contributed by atoms with Crippen LogP contribution in [0.15, 0.2) is 59.6 Å². The minimum absolute atomic E-state index is 0.102. The summed E-state index contributed by atoms with van der Waals surface area (Å²) in [7, 11) is 1.54. The zero-order valence-electron chi connectivity index (χ0n) is 18.3. The van der Waals surface area contributed by atoms with Crippen molar-refractivity contribution in [2.45, 2.75) is 18.5 Å². The molecule has 2 aromatic carbocycles. The first-order valence-electron chi connectivity index (χ1n) is 10.7. The molecule has 0 spiro atoms. The molecule has 5 rings (SSSR count). The first-order chi connectivity index (χ1) is 16.4. The Morgan fingerprint density at radius 2 is 2.00 bits per heavy atom. The Kier molecular flexibility index (Phi) is 5.45.